The van der Waals surface area contributed by atoms with Crippen LogP contribution in [0.25, 0.3) is 17.1 Å². The topological polar surface area (TPSA) is 70.8 Å². The largest absolute Gasteiger partial charge is 0.772 e. The van der Waals surface area contributed by atoms with Gasteiger partial charge in [0.15, 0.2) is 0 Å². The molecule has 1 aromatic carbocycles. The average molecular weight is 298 g/mol. The summed E-state index contributed by atoms with van der Waals surface area (Å²) in [4.78, 5) is 8.46. The Bertz CT molecular complexity index is 771. The monoisotopic (exact) mass is 298 g/mol. The maximum Gasteiger partial charge on any atom is 0.144 e. The Hall–Kier alpha value is -2.31. The predicted octanol–water partition coefficient (Wildman–Crippen LogP) is 2.31. The van der Waals surface area contributed by atoms with Crippen LogP contribution in [0.4, 0.5) is 0 Å². The van der Waals surface area contributed by atoms with Crippen LogP contribution in [0.2, 0.25) is 0 Å². The minimum atomic E-state index is -2.15. The Morgan fingerprint density at radius 1 is 1.14 bits per heavy atom. The molecule has 2 heterocycles. The fourth-order valence-electron chi connectivity index (χ4n) is 2.18. The SMILES string of the molecule is O=S([O-])Cc1ccncc1-n1ccnc1-c1ccccc1. The van der Waals surface area contributed by atoms with Gasteiger partial charge in [0.2, 0.25) is 0 Å². The van der Waals surface area contributed by atoms with Crippen LogP contribution in [0.3, 0.4) is 0 Å². The highest BCUT2D eigenvalue weighted by Gasteiger charge is 2.11. The van der Waals surface area contributed by atoms with Crippen LogP contribution in [0.1, 0.15) is 5.56 Å². The molecular formula is C15H12N3O2S-. The van der Waals surface area contributed by atoms with Gasteiger partial charge in [0, 0.05) is 29.9 Å². The van der Waals surface area contributed by atoms with Gasteiger partial charge in [-0.05, 0) is 11.6 Å². The number of hydrogen-bond donors (Lipinski definition) is 0. The second kappa shape index (κ2) is 5.99. The minimum absolute atomic E-state index is 0.0513. The van der Waals surface area contributed by atoms with Crippen molar-refractivity contribution in [1.82, 2.24) is 14.5 Å². The molecule has 0 aliphatic heterocycles. The van der Waals surface area contributed by atoms with Crippen molar-refractivity contribution in [2.45, 2.75) is 5.75 Å². The van der Waals surface area contributed by atoms with Gasteiger partial charge >= 0.3 is 0 Å². The number of benzene rings is 1. The summed E-state index contributed by atoms with van der Waals surface area (Å²) >= 11 is -2.15. The molecule has 1 unspecified atom stereocenters. The third-order valence-electron chi connectivity index (χ3n) is 3.09. The molecule has 3 aromatic rings. The molecule has 0 aliphatic carbocycles. The van der Waals surface area contributed by atoms with E-state index < -0.39 is 11.1 Å². The van der Waals surface area contributed by atoms with Crippen LogP contribution in [0.15, 0.2) is 61.2 Å². The van der Waals surface area contributed by atoms with E-state index in [0.717, 1.165) is 17.1 Å². The van der Waals surface area contributed by atoms with Crippen molar-refractivity contribution in [1.29, 1.82) is 0 Å². The van der Waals surface area contributed by atoms with E-state index in [0.29, 0.717) is 5.56 Å². The molecule has 3 rings (SSSR count). The molecule has 0 saturated heterocycles. The van der Waals surface area contributed by atoms with E-state index in [-0.39, 0.29) is 5.75 Å². The van der Waals surface area contributed by atoms with Gasteiger partial charge in [-0.15, -0.1) is 0 Å². The average Bonchev–Trinajstić information content (AvgIpc) is 2.97. The molecule has 2 aromatic heterocycles. The molecule has 106 valence electrons. The van der Waals surface area contributed by atoms with Gasteiger partial charge in [0.1, 0.15) is 5.82 Å². The molecule has 5 nitrogen and oxygen atoms in total. The summed E-state index contributed by atoms with van der Waals surface area (Å²) in [5.41, 5.74) is 2.37. The first kappa shape index (κ1) is 13.7. The van der Waals surface area contributed by atoms with Crippen molar-refractivity contribution < 1.29 is 8.76 Å². The molecule has 0 fully saturated rings. The number of pyridine rings is 1. The first-order valence-electron chi connectivity index (χ1n) is 6.33. The number of rotatable bonds is 4. The summed E-state index contributed by atoms with van der Waals surface area (Å²) in [6, 6.07) is 11.4. The summed E-state index contributed by atoms with van der Waals surface area (Å²) in [5, 5.41) is 0. The zero-order valence-corrected chi connectivity index (χ0v) is 11.9. The Labute approximate surface area is 124 Å². The van der Waals surface area contributed by atoms with E-state index >= 15 is 0 Å². The van der Waals surface area contributed by atoms with Crippen molar-refractivity contribution >= 4 is 11.1 Å². The van der Waals surface area contributed by atoms with Crippen LogP contribution < -0.4 is 0 Å². The van der Waals surface area contributed by atoms with Crippen molar-refractivity contribution in [3.8, 4) is 17.1 Å². The normalized spacial score (nSPS) is 12.2. The quantitative estimate of drug-likeness (QED) is 0.693. The predicted molar refractivity (Wildman–Crippen MR) is 79.4 cm³/mol. The highest BCUT2D eigenvalue weighted by Crippen LogP contribution is 2.23. The summed E-state index contributed by atoms with van der Waals surface area (Å²) in [6.07, 6.45) is 6.73. The molecule has 0 N–H and O–H groups in total. The second-order valence-electron chi connectivity index (χ2n) is 4.44. The molecule has 0 saturated carbocycles. The van der Waals surface area contributed by atoms with Gasteiger partial charge in [0.05, 0.1) is 11.9 Å². The van der Waals surface area contributed by atoms with Gasteiger partial charge < -0.3 is 4.55 Å². The van der Waals surface area contributed by atoms with Crippen LogP contribution in [-0.2, 0) is 16.8 Å². The zero-order chi connectivity index (χ0) is 14.7. The third-order valence-corrected chi connectivity index (χ3v) is 3.64. The lowest BCUT2D eigenvalue weighted by atomic mass is 10.2. The Kier molecular flexibility index (Phi) is 3.89. The fourth-order valence-corrected chi connectivity index (χ4v) is 2.68. The zero-order valence-electron chi connectivity index (χ0n) is 11.0. The maximum atomic E-state index is 11.0. The second-order valence-corrected chi connectivity index (χ2v) is 5.34. The maximum absolute atomic E-state index is 11.0. The molecule has 0 amide bonds. The highest BCUT2D eigenvalue weighted by atomic mass is 32.2. The van der Waals surface area contributed by atoms with Gasteiger partial charge in [-0.25, -0.2) is 4.98 Å². The molecule has 0 bridgehead atoms. The van der Waals surface area contributed by atoms with Crippen molar-refractivity contribution in [2.75, 3.05) is 0 Å². The number of aromatic nitrogens is 3. The first-order chi connectivity index (χ1) is 10.3. The molecule has 21 heavy (non-hydrogen) atoms. The van der Waals surface area contributed by atoms with Crippen LogP contribution >= 0.6 is 0 Å². The minimum Gasteiger partial charge on any atom is -0.772 e. The molecule has 6 heteroatoms. The number of hydrogen-bond acceptors (Lipinski definition) is 4. The van der Waals surface area contributed by atoms with E-state index in [9.17, 15) is 8.76 Å². The van der Waals surface area contributed by atoms with Gasteiger partial charge in [0.25, 0.3) is 0 Å². The summed E-state index contributed by atoms with van der Waals surface area (Å²) in [6.45, 7) is 0. The van der Waals surface area contributed by atoms with Crippen LogP contribution in [0, 0.1) is 0 Å². The van der Waals surface area contributed by atoms with Crippen molar-refractivity contribution in [3.05, 3.63) is 66.7 Å². The molecule has 1 atom stereocenters. The van der Waals surface area contributed by atoms with Crippen molar-refractivity contribution in [2.24, 2.45) is 0 Å². The van der Waals surface area contributed by atoms with Gasteiger partial charge in [-0.3, -0.25) is 13.8 Å². The smallest absolute Gasteiger partial charge is 0.144 e. The van der Waals surface area contributed by atoms with Crippen molar-refractivity contribution in [3.63, 3.8) is 0 Å². The Morgan fingerprint density at radius 2 is 1.95 bits per heavy atom. The lowest BCUT2D eigenvalue weighted by Gasteiger charge is -2.13. The van der Waals surface area contributed by atoms with E-state index in [1.165, 1.54) is 0 Å². The first-order valence-corrected chi connectivity index (χ1v) is 7.58. The Morgan fingerprint density at radius 3 is 2.71 bits per heavy atom. The summed E-state index contributed by atoms with van der Waals surface area (Å²) in [7, 11) is 0. The number of nitrogens with zero attached hydrogens (tertiary/aromatic N) is 3. The molecule has 0 spiro atoms. The lowest BCUT2D eigenvalue weighted by molar-refractivity contribution is 0.536. The molecular weight excluding hydrogens is 286 g/mol. The summed E-state index contributed by atoms with van der Waals surface area (Å²) in [5.74, 6) is 0.700. The molecule has 0 aliphatic rings. The Balaban J connectivity index is 2.11. The van der Waals surface area contributed by atoms with E-state index in [2.05, 4.69) is 9.97 Å². The standard InChI is InChI=1S/C15H13N3O2S/c19-21(20)11-13-6-7-16-10-14(13)18-9-8-17-15(18)12-4-2-1-3-5-12/h1-10H,11H2,(H,19,20)/p-1. The van der Waals surface area contributed by atoms with Crippen LogP contribution in [0.5, 0.6) is 0 Å². The van der Waals surface area contributed by atoms with E-state index in [1.807, 2.05) is 34.9 Å². The third kappa shape index (κ3) is 2.91. The highest BCUT2D eigenvalue weighted by molar-refractivity contribution is 7.78. The summed E-state index contributed by atoms with van der Waals surface area (Å²) < 4.78 is 23.9. The number of imidazole rings is 1. The van der Waals surface area contributed by atoms with Gasteiger partial charge in [-0.2, -0.15) is 0 Å². The van der Waals surface area contributed by atoms with Gasteiger partial charge in [-0.1, -0.05) is 41.4 Å². The van der Waals surface area contributed by atoms with E-state index in [1.54, 1.807) is 30.9 Å². The lowest BCUT2D eigenvalue weighted by Crippen LogP contribution is -2.04. The van der Waals surface area contributed by atoms with E-state index in [4.69, 9.17) is 0 Å². The fraction of sp³-hybridized carbons (Fsp3) is 0.0667. The molecule has 0 radical (unpaired) electrons. The van der Waals surface area contributed by atoms with Crippen LogP contribution in [-0.4, -0.2) is 23.3 Å².